The molecule has 2 aromatic heterocycles. The number of nitrogens with two attached hydrogens (primary N) is 2. The normalized spacial score (nSPS) is 10.4. The summed E-state index contributed by atoms with van der Waals surface area (Å²) in [5.74, 6) is 2.11. The zero-order chi connectivity index (χ0) is 13.7. The lowest BCUT2D eigenvalue weighted by Crippen LogP contribution is -2.01. The Kier molecular flexibility index (Phi) is 4.35. The van der Waals surface area contributed by atoms with Crippen LogP contribution in [0.1, 0.15) is 12.6 Å². The van der Waals surface area contributed by atoms with E-state index < -0.39 is 0 Å². The first-order valence-electron chi connectivity index (χ1n) is 5.75. The summed E-state index contributed by atoms with van der Waals surface area (Å²) >= 11 is 1.42. The van der Waals surface area contributed by atoms with Crippen LogP contribution < -0.4 is 16.8 Å². The van der Waals surface area contributed by atoms with Crippen LogP contribution in [0.25, 0.3) is 0 Å². The smallest absolute Gasteiger partial charge is 0.191 e. The van der Waals surface area contributed by atoms with Gasteiger partial charge in [0.1, 0.15) is 17.5 Å². The highest BCUT2D eigenvalue weighted by Crippen LogP contribution is 2.20. The minimum atomic E-state index is 0.364. The predicted octanol–water partition coefficient (Wildman–Crippen LogP) is 1.16. The third-order valence-corrected chi connectivity index (χ3v) is 3.04. The first kappa shape index (κ1) is 13.3. The maximum absolute atomic E-state index is 5.60. The summed E-state index contributed by atoms with van der Waals surface area (Å²) in [7, 11) is 0. The fraction of sp³-hybridized carbons (Fsp3) is 0.273. The topological polar surface area (TPSA) is 116 Å². The fourth-order valence-corrected chi connectivity index (χ4v) is 2.13. The van der Waals surface area contributed by atoms with Crippen LogP contribution in [0.15, 0.2) is 23.6 Å². The number of aromatic nitrogens is 4. The lowest BCUT2D eigenvalue weighted by molar-refractivity contribution is 0.980. The van der Waals surface area contributed by atoms with Crippen LogP contribution in [0.5, 0.6) is 0 Å². The van der Waals surface area contributed by atoms with Gasteiger partial charge in [-0.1, -0.05) is 11.8 Å². The standard InChI is InChI=1S/C11H15N7S/c1-2-14-10-5-15-7(4-16-10)6-19-11-17-8(12)3-9(13)18-11/h3-5H,2,6H2,1H3,(H,14,16)(H4,12,13,17,18). The van der Waals surface area contributed by atoms with Crippen molar-refractivity contribution >= 4 is 29.2 Å². The number of hydrogen-bond acceptors (Lipinski definition) is 8. The van der Waals surface area contributed by atoms with Crippen LogP contribution in [0.4, 0.5) is 17.5 Å². The van der Waals surface area contributed by atoms with Crippen LogP contribution in [0, 0.1) is 0 Å². The second-order valence-corrected chi connectivity index (χ2v) is 4.65. The molecule has 100 valence electrons. The van der Waals surface area contributed by atoms with Crippen molar-refractivity contribution in [2.45, 2.75) is 17.8 Å². The van der Waals surface area contributed by atoms with Gasteiger partial charge < -0.3 is 16.8 Å². The van der Waals surface area contributed by atoms with E-state index in [0.29, 0.717) is 22.5 Å². The van der Waals surface area contributed by atoms with Crippen molar-refractivity contribution in [2.24, 2.45) is 0 Å². The van der Waals surface area contributed by atoms with E-state index >= 15 is 0 Å². The average Bonchev–Trinajstić information content (AvgIpc) is 2.37. The monoisotopic (exact) mass is 277 g/mol. The largest absolute Gasteiger partial charge is 0.383 e. The summed E-state index contributed by atoms with van der Waals surface area (Å²) in [5.41, 5.74) is 12.0. The zero-order valence-electron chi connectivity index (χ0n) is 10.5. The first-order chi connectivity index (χ1) is 9.17. The Bertz CT molecular complexity index is 523. The van der Waals surface area contributed by atoms with E-state index in [9.17, 15) is 0 Å². The van der Waals surface area contributed by atoms with E-state index in [0.717, 1.165) is 18.1 Å². The molecule has 0 radical (unpaired) electrons. The molecule has 7 nitrogen and oxygen atoms in total. The Hall–Kier alpha value is -2.09. The lowest BCUT2D eigenvalue weighted by atomic mass is 10.5. The highest BCUT2D eigenvalue weighted by molar-refractivity contribution is 7.98. The summed E-state index contributed by atoms with van der Waals surface area (Å²) in [6.45, 7) is 2.83. The van der Waals surface area contributed by atoms with Crippen molar-refractivity contribution in [2.75, 3.05) is 23.3 Å². The van der Waals surface area contributed by atoms with Gasteiger partial charge in [0.05, 0.1) is 18.1 Å². The van der Waals surface area contributed by atoms with Crippen molar-refractivity contribution in [3.8, 4) is 0 Å². The molecule has 0 aliphatic heterocycles. The highest BCUT2D eigenvalue weighted by atomic mass is 32.2. The predicted molar refractivity (Wildman–Crippen MR) is 76.6 cm³/mol. The molecule has 2 heterocycles. The molecule has 0 atom stereocenters. The van der Waals surface area contributed by atoms with Crippen LogP contribution in [-0.2, 0) is 5.75 Å². The maximum atomic E-state index is 5.60. The van der Waals surface area contributed by atoms with Gasteiger partial charge in [-0.15, -0.1) is 0 Å². The molecule has 0 aromatic carbocycles. The van der Waals surface area contributed by atoms with Gasteiger partial charge in [0, 0.05) is 18.4 Å². The van der Waals surface area contributed by atoms with Crippen molar-refractivity contribution in [1.82, 2.24) is 19.9 Å². The van der Waals surface area contributed by atoms with Gasteiger partial charge in [0.15, 0.2) is 5.16 Å². The van der Waals surface area contributed by atoms with Gasteiger partial charge >= 0.3 is 0 Å². The van der Waals surface area contributed by atoms with Crippen LogP contribution in [-0.4, -0.2) is 26.5 Å². The van der Waals surface area contributed by atoms with Crippen LogP contribution >= 0.6 is 11.8 Å². The minimum absolute atomic E-state index is 0.364. The van der Waals surface area contributed by atoms with E-state index in [-0.39, 0.29) is 0 Å². The molecule has 2 aromatic rings. The molecule has 0 saturated carbocycles. The first-order valence-corrected chi connectivity index (χ1v) is 6.73. The van der Waals surface area contributed by atoms with Crippen molar-refractivity contribution in [3.63, 3.8) is 0 Å². The number of hydrogen-bond donors (Lipinski definition) is 3. The van der Waals surface area contributed by atoms with Gasteiger partial charge in [-0.05, 0) is 6.92 Å². The van der Waals surface area contributed by atoms with Gasteiger partial charge in [-0.2, -0.15) is 0 Å². The molecule has 8 heteroatoms. The van der Waals surface area contributed by atoms with Gasteiger partial charge in [0.25, 0.3) is 0 Å². The summed E-state index contributed by atoms with van der Waals surface area (Å²) in [6, 6.07) is 1.52. The van der Waals surface area contributed by atoms with E-state index in [2.05, 4.69) is 25.3 Å². The number of anilines is 3. The lowest BCUT2D eigenvalue weighted by Gasteiger charge is -2.04. The molecule has 0 spiro atoms. The third-order valence-electron chi connectivity index (χ3n) is 2.16. The Morgan fingerprint density at radius 3 is 2.47 bits per heavy atom. The summed E-state index contributed by atoms with van der Waals surface area (Å²) in [6.07, 6.45) is 3.43. The molecule has 0 unspecified atom stereocenters. The SMILES string of the molecule is CCNc1cnc(CSc2nc(N)cc(N)n2)cn1. The van der Waals surface area contributed by atoms with Crippen molar-refractivity contribution < 1.29 is 0 Å². The van der Waals surface area contributed by atoms with Gasteiger partial charge in [0.2, 0.25) is 0 Å². The van der Waals surface area contributed by atoms with Crippen LogP contribution in [0.2, 0.25) is 0 Å². The zero-order valence-corrected chi connectivity index (χ0v) is 11.3. The molecule has 0 bridgehead atoms. The highest BCUT2D eigenvalue weighted by Gasteiger charge is 2.03. The average molecular weight is 277 g/mol. The van der Waals surface area contributed by atoms with Crippen LogP contribution in [0.3, 0.4) is 0 Å². The van der Waals surface area contributed by atoms with Crippen molar-refractivity contribution in [3.05, 3.63) is 24.2 Å². The van der Waals surface area contributed by atoms with E-state index in [1.807, 2.05) is 6.92 Å². The number of rotatable bonds is 5. The van der Waals surface area contributed by atoms with E-state index in [1.165, 1.54) is 17.8 Å². The van der Waals surface area contributed by atoms with Gasteiger partial charge in [-0.25, -0.2) is 15.0 Å². The molecular formula is C11H15N7S. The third kappa shape index (κ3) is 3.95. The molecule has 5 N–H and O–H groups in total. The minimum Gasteiger partial charge on any atom is -0.383 e. The van der Waals surface area contributed by atoms with E-state index in [1.54, 1.807) is 12.4 Å². The summed E-state index contributed by atoms with van der Waals surface area (Å²) < 4.78 is 0. The second kappa shape index (κ2) is 6.19. The molecular weight excluding hydrogens is 262 g/mol. The Morgan fingerprint density at radius 1 is 1.16 bits per heavy atom. The van der Waals surface area contributed by atoms with E-state index in [4.69, 9.17) is 11.5 Å². The fourth-order valence-electron chi connectivity index (χ4n) is 1.37. The molecule has 19 heavy (non-hydrogen) atoms. The quantitative estimate of drug-likeness (QED) is 0.550. The molecule has 0 aliphatic carbocycles. The summed E-state index contributed by atoms with van der Waals surface area (Å²) in [5, 5.41) is 3.62. The summed E-state index contributed by atoms with van der Waals surface area (Å²) in [4.78, 5) is 16.7. The Labute approximate surface area is 115 Å². The molecule has 0 saturated heterocycles. The second-order valence-electron chi connectivity index (χ2n) is 3.71. The van der Waals surface area contributed by atoms with Gasteiger partial charge in [-0.3, -0.25) is 4.98 Å². The Balaban J connectivity index is 1.98. The number of nitrogen functional groups attached to an aromatic ring is 2. The molecule has 0 fully saturated rings. The van der Waals surface area contributed by atoms with Crippen molar-refractivity contribution in [1.29, 1.82) is 0 Å². The number of nitrogens with one attached hydrogen (secondary N) is 1. The molecule has 2 rings (SSSR count). The molecule has 0 amide bonds. The maximum Gasteiger partial charge on any atom is 0.191 e. The Morgan fingerprint density at radius 2 is 1.89 bits per heavy atom. The number of thioether (sulfide) groups is 1. The molecule has 0 aliphatic rings. The number of nitrogens with zero attached hydrogens (tertiary/aromatic N) is 4.